The van der Waals surface area contributed by atoms with Gasteiger partial charge in [0.15, 0.2) is 0 Å². The Kier molecular flexibility index (Phi) is 5.04. The zero-order chi connectivity index (χ0) is 17.1. The van der Waals surface area contributed by atoms with Crippen LogP contribution in [-0.2, 0) is 18.4 Å². The molecule has 0 aliphatic carbocycles. The van der Waals surface area contributed by atoms with E-state index in [1.54, 1.807) is 14.2 Å². The van der Waals surface area contributed by atoms with Gasteiger partial charge < -0.3 is 18.9 Å². The van der Waals surface area contributed by atoms with Crippen LogP contribution in [0.5, 0.6) is 11.5 Å². The summed E-state index contributed by atoms with van der Waals surface area (Å²) in [7, 11) is 5.28. The second-order valence-corrected chi connectivity index (χ2v) is 6.95. The number of aryl methyl sites for hydroxylation is 1. The molecular formula is C18H22N2O3S. The van der Waals surface area contributed by atoms with Crippen molar-refractivity contribution in [3.05, 3.63) is 47.8 Å². The lowest BCUT2D eigenvalue weighted by Gasteiger charge is -2.35. The molecule has 0 spiro atoms. The van der Waals surface area contributed by atoms with Crippen molar-refractivity contribution >= 4 is 17.7 Å². The molecule has 1 unspecified atom stereocenters. The van der Waals surface area contributed by atoms with Gasteiger partial charge in [0, 0.05) is 38.0 Å². The number of hydrogen-bond donors (Lipinski definition) is 0. The molecule has 2 heterocycles. The van der Waals surface area contributed by atoms with E-state index < -0.39 is 0 Å². The smallest absolute Gasteiger partial charge is 0.224 e. The SMILES string of the molecule is COc1cc(CN2C(=O)CCSC2c2cccn2C)cc(OC)c1. The van der Waals surface area contributed by atoms with Gasteiger partial charge >= 0.3 is 0 Å². The highest BCUT2D eigenvalue weighted by molar-refractivity contribution is 7.99. The Bertz CT molecular complexity index is 707. The van der Waals surface area contributed by atoms with Gasteiger partial charge in [0.2, 0.25) is 5.91 Å². The predicted octanol–water partition coefficient (Wildman–Crippen LogP) is 3.21. The van der Waals surface area contributed by atoms with Gasteiger partial charge in [-0.1, -0.05) is 0 Å². The van der Waals surface area contributed by atoms with Crippen molar-refractivity contribution < 1.29 is 14.3 Å². The molecule has 1 aliphatic rings. The van der Waals surface area contributed by atoms with E-state index in [0.29, 0.717) is 13.0 Å². The van der Waals surface area contributed by atoms with Crippen molar-refractivity contribution in [2.45, 2.75) is 18.3 Å². The molecule has 0 saturated carbocycles. The summed E-state index contributed by atoms with van der Waals surface area (Å²) in [5.41, 5.74) is 2.14. The number of carbonyl (C=O) groups is 1. The first-order valence-electron chi connectivity index (χ1n) is 7.86. The second kappa shape index (κ2) is 7.21. The topological polar surface area (TPSA) is 43.7 Å². The van der Waals surface area contributed by atoms with Gasteiger partial charge in [0.1, 0.15) is 16.9 Å². The van der Waals surface area contributed by atoms with Crippen molar-refractivity contribution in [2.24, 2.45) is 7.05 Å². The number of thioether (sulfide) groups is 1. The van der Waals surface area contributed by atoms with Crippen LogP contribution in [0.2, 0.25) is 0 Å². The maximum absolute atomic E-state index is 12.6. The van der Waals surface area contributed by atoms with Crippen LogP contribution in [0, 0.1) is 0 Å². The number of ether oxygens (including phenoxy) is 2. The summed E-state index contributed by atoms with van der Waals surface area (Å²) in [4.78, 5) is 14.5. The zero-order valence-corrected chi connectivity index (χ0v) is 15.0. The van der Waals surface area contributed by atoms with Gasteiger partial charge in [0.05, 0.1) is 19.9 Å². The van der Waals surface area contributed by atoms with E-state index in [1.807, 2.05) is 54.2 Å². The Balaban J connectivity index is 1.90. The Labute approximate surface area is 146 Å². The average Bonchev–Trinajstić information content (AvgIpc) is 3.02. The summed E-state index contributed by atoms with van der Waals surface area (Å²) < 4.78 is 12.8. The molecule has 0 radical (unpaired) electrons. The molecule has 128 valence electrons. The van der Waals surface area contributed by atoms with Gasteiger partial charge in [-0.2, -0.15) is 0 Å². The highest BCUT2D eigenvalue weighted by Crippen LogP contribution is 2.38. The van der Waals surface area contributed by atoms with Crippen LogP contribution in [0.4, 0.5) is 0 Å². The van der Waals surface area contributed by atoms with Crippen molar-refractivity contribution in [3.8, 4) is 11.5 Å². The normalized spacial score (nSPS) is 17.9. The quantitative estimate of drug-likeness (QED) is 0.834. The van der Waals surface area contributed by atoms with Crippen molar-refractivity contribution in [3.63, 3.8) is 0 Å². The molecule has 1 aliphatic heterocycles. The van der Waals surface area contributed by atoms with Gasteiger partial charge in [-0.15, -0.1) is 11.8 Å². The Morgan fingerprint density at radius 3 is 2.50 bits per heavy atom. The summed E-state index contributed by atoms with van der Waals surface area (Å²) in [6, 6.07) is 9.84. The molecule has 1 atom stereocenters. The second-order valence-electron chi connectivity index (χ2n) is 5.76. The maximum Gasteiger partial charge on any atom is 0.224 e. The van der Waals surface area contributed by atoms with Crippen LogP contribution < -0.4 is 9.47 Å². The van der Waals surface area contributed by atoms with Gasteiger partial charge in [-0.05, 0) is 29.8 Å². The monoisotopic (exact) mass is 346 g/mol. The van der Waals surface area contributed by atoms with Crippen molar-refractivity contribution in [1.29, 1.82) is 0 Å². The van der Waals surface area contributed by atoms with E-state index >= 15 is 0 Å². The molecule has 0 N–H and O–H groups in total. The fourth-order valence-electron chi connectivity index (χ4n) is 2.92. The highest BCUT2D eigenvalue weighted by atomic mass is 32.2. The minimum atomic E-state index is 0.0310. The van der Waals surface area contributed by atoms with Crippen LogP contribution in [0.1, 0.15) is 23.1 Å². The molecule has 6 heteroatoms. The number of aromatic nitrogens is 1. The number of rotatable bonds is 5. The fourth-order valence-corrected chi connectivity index (χ4v) is 4.23. The zero-order valence-electron chi connectivity index (χ0n) is 14.2. The maximum atomic E-state index is 12.6. The third kappa shape index (κ3) is 3.38. The number of carbonyl (C=O) groups excluding carboxylic acids is 1. The molecule has 1 aromatic heterocycles. The molecule has 3 rings (SSSR count). The van der Waals surface area contributed by atoms with Crippen LogP contribution in [0.3, 0.4) is 0 Å². The molecule has 2 aromatic rings. The van der Waals surface area contributed by atoms with Gasteiger partial charge in [0.25, 0.3) is 0 Å². The number of nitrogens with zero attached hydrogens (tertiary/aromatic N) is 2. The van der Waals surface area contributed by atoms with E-state index in [2.05, 4.69) is 10.6 Å². The Morgan fingerprint density at radius 2 is 1.92 bits per heavy atom. The third-order valence-electron chi connectivity index (χ3n) is 4.20. The van der Waals surface area contributed by atoms with Gasteiger partial charge in [-0.25, -0.2) is 0 Å². The lowest BCUT2D eigenvalue weighted by molar-refractivity contribution is -0.132. The largest absolute Gasteiger partial charge is 0.497 e. The third-order valence-corrected chi connectivity index (χ3v) is 5.45. The summed E-state index contributed by atoms with van der Waals surface area (Å²) in [6.45, 7) is 0.537. The molecule has 1 amide bonds. The minimum absolute atomic E-state index is 0.0310. The van der Waals surface area contributed by atoms with E-state index in [-0.39, 0.29) is 11.3 Å². The summed E-state index contributed by atoms with van der Waals surface area (Å²) >= 11 is 1.81. The molecule has 5 nitrogen and oxygen atoms in total. The van der Waals surface area contributed by atoms with Crippen LogP contribution >= 0.6 is 11.8 Å². The molecule has 1 aromatic carbocycles. The lowest BCUT2D eigenvalue weighted by atomic mass is 10.1. The van der Waals surface area contributed by atoms with E-state index in [0.717, 1.165) is 28.5 Å². The molecule has 1 fully saturated rings. The number of amides is 1. The molecular weight excluding hydrogens is 324 g/mol. The van der Waals surface area contributed by atoms with E-state index in [9.17, 15) is 4.79 Å². The Hall–Kier alpha value is -2.08. The first-order chi connectivity index (χ1) is 11.6. The molecule has 24 heavy (non-hydrogen) atoms. The van der Waals surface area contributed by atoms with Gasteiger partial charge in [-0.3, -0.25) is 4.79 Å². The molecule has 1 saturated heterocycles. The number of methoxy groups -OCH3 is 2. The van der Waals surface area contributed by atoms with Crippen molar-refractivity contribution in [2.75, 3.05) is 20.0 Å². The van der Waals surface area contributed by atoms with Crippen LogP contribution in [0.25, 0.3) is 0 Å². The molecule has 0 bridgehead atoms. The minimum Gasteiger partial charge on any atom is -0.497 e. The average molecular weight is 346 g/mol. The number of benzene rings is 1. The summed E-state index contributed by atoms with van der Waals surface area (Å²) in [5.74, 6) is 2.50. The first kappa shape index (κ1) is 16.8. The van der Waals surface area contributed by atoms with Crippen LogP contribution in [0.15, 0.2) is 36.5 Å². The van der Waals surface area contributed by atoms with E-state index in [4.69, 9.17) is 9.47 Å². The fraction of sp³-hybridized carbons (Fsp3) is 0.389. The number of hydrogen-bond acceptors (Lipinski definition) is 4. The van der Waals surface area contributed by atoms with Crippen LogP contribution in [-0.4, -0.2) is 35.3 Å². The standard InChI is InChI=1S/C18H22N2O3S/c1-19-7-4-5-16(19)18-20(17(21)6-8-24-18)12-13-9-14(22-2)11-15(10-13)23-3/h4-5,7,9-11,18H,6,8,12H2,1-3H3. The lowest BCUT2D eigenvalue weighted by Crippen LogP contribution is -2.37. The highest BCUT2D eigenvalue weighted by Gasteiger charge is 2.31. The first-order valence-corrected chi connectivity index (χ1v) is 8.91. The van der Waals surface area contributed by atoms with Crippen molar-refractivity contribution in [1.82, 2.24) is 9.47 Å². The Morgan fingerprint density at radius 1 is 1.21 bits per heavy atom. The summed E-state index contributed by atoms with van der Waals surface area (Å²) in [5, 5.41) is 0.0310. The predicted molar refractivity (Wildman–Crippen MR) is 95.3 cm³/mol. The summed E-state index contributed by atoms with van der Waals surface area (Å²) in [6.07, 6.45) is 2.59. The van der Waals surface area contributed by atoms with E-state index in [1.165, 1.54) is 0 Å².